The van der Waals surface area contributed by atoms with Crippen LogP contribution in [-0.2, 0) is 16.8 Å². The zero-order valence-electron chi connectivity index (χ0n) is 13.5. The van der Waals surface area contributed by atoms with Crippen LogP contribution in [0.4, 0.5) is 0 Å². The molecule has 0 aromatic heterocycles. The van der Waals surface area contributed by atoms with Crippen molar-refractivity contribution in [1.82, 2.24) is 4.90 Å². The molecule has 1 aliphatic carbocycles. The summed E-state index contributed by atoms with van der Waals surface area (Å²) in [5.74, 6) is 1.48. The highest BCUT2D eigenvalue weighted by molar-refractivity contribution is 5.94. The number of nitrogens with zero attached hydrogens (tertiary/aromatic N) is 1. The van der Waals surface area contributed by atoms with Gasteiger partial charge in [0.25, 0.3) is 0 Å². The number of aliphatic hydroxyl groups excluding tert-OH is 1. The van der Waals surface area contributed by atoms with E-state index in [0.29, 0.717) is 25.1 Å². The van der Waals surface area contributed by atoms with Crippen LogP contribution in [0.15, 0.2) is 23.8 Å². The van der Waals surface area contributed by atoms with E-state index in [4.69, 9.17) is 9.47 Å². The van der Waals surface area contributed by atoms with Gasteiger partial charge in [0.15, 0.2) is 11.5 Å². The Morgan fingerprint density at radius 3 is 2.74 bits per heavy atom. The van der Waals surface area contributed by atoms with Gasteiger partial charge in [-0.25, -0.2) is 0 Å². The standard InChI is InChI=1S/C18H21NO4/c1-22-15-7-11-4-6-19-17(21)9-12-8-13(20)3-5-18(12,19)14(11)10-16(15)23-2/h7,9-10,13,20H,3-6,8H2,1-2H3/t13-,18+/m1/s1. The van der Waals surface area contributed by atoms with Crippen LogP contribution in [0.25, 0.3) is 0 Å². The Hall–Kier alpha value is -2.01. The number of benzene rings is 1. The number of hydrogen-bond acceptors (Lipinski definition) is 4. The third-order valence-corrected chi connectivity index (χ3v) is 5.51. The van der Waals surface area contributed by atoms with E-state index in [1.54, 1.807) is 20.3 Å². The van der Waals surface area contributed by atoms with Crippen LogP contribution < -0.4 is 9.47 Å². The molecule has 5 nitrogen and oxygen atoms in total. The van der Waals surface area contributed by atoms with Crippen LogP contribution in [0.5, 0.6) is 11.5 Å². The van der Waals surface area contributed by atoms with Gasteiger partial charge in [0.2, 0.25) is 5.91 Å². The molecule has 1 spiro atoms. The van der Waals surface area contributed by atoms with E-state index < -0.39 is 5.54 Å². The van der Waals surface area contributed by atoms with Gasteiger partial charge in [-0.15, -0.1) is 0 Å². The Bertz CT molecular complexity index is 711. The maximum Gasteiger partial charge on any atom is 0.247 e. The van der Waals surface area contributed by atoms with Gasteiger partial charge < -0.3 is 19.5 Å². The molecular formula is C18H21NO4. The molecule has 0 saturated heterocycles. The van der Waals surface area contributed by atoms with Gasteiger partial charge >= 0.3 is 0 Å². The van der Waals surface area contributed by atoms with Crippen molar-refractivity contribution in [2.75, 3.05) is 20.8 Å². The number of carbonyl (C=O) groups excluding carboxylic acids is 1. The van der Waals surface area contributed by atoms with Crippen molar-refractivity contribution < 1.29 is 19.4 Å². The summed E-state index contributed by atoms with van der Waals surface area (Å²) in [6.07, 6.45) is 4.21. The van der Waals surface area contributed by atoms with E-state index in [-0.39, 0.29) is 12.0 Å². The lowest BCUT2D eigenvalue weighted by atomic mass is 9.69. The molecule has 0 radical (unpaired) electrons. The molecule has 1 amide bonds. The molecule has 23 heavy (non-hydrogen) atoms. The Labute approximate surface area is 135 Å². The Kier molecular flexibility index (Phi) is 3.17. The molecule has 1 saturated carbocycles. The highest BCUT2D eigenvalue weighted by atomic mass is 16.5. The summed E-state index contributed by atoms with van der Waals surface area (Å²) in [7, 11) is 3.27. The van der Waals surface area contributed by atoms with E-state index in [9.17, 15) is 9.90 Å². The summed E-state index contributed by atoms with van der Waals surface area (Å²) in [4.78, 5) is 14.5. The minimum atomic E-state index is -0.399. The van der Waals surface area contributed by atoms with Crippen LogP contribution in [0.3, 0.4) is 0 Å². The number of methoxy groups -OCH3 is 2. The molecule has 3 aliphatic rings. The van der Waals surface area contributed by atoms with Gasteiger partial charge in [0.05, 0.1) is 25.9 Å². The van der Waals surface area contributed by atoms with Crippen LogP contribution in [0, 0.1) is 0 Å². The zero-order valence-corrected chi connectivity index (χ0v) is 13.5. The molecule has 2 heterocycles. The number of amides is 1. The van der Waals surface area contributed by atoms with Crippen molar-refractivity contribution in [2.24, 2.45) is 0 Å². The highest BCUT2D eigenvalue weighted by Gasteiger charge is 2.53. The van der Waals surface area contributed by atoms with E-state index in [2.05, 4.69) is 0 Å². The van der Waals surface area contributed by atoms with Crippen molar-refractivity contribution in [3.63, 3.8) is 0 Å². The smallest absolute Gasteiger partial charge is 0.247 e. The predicted octanol–water partition coefficient (Wildman–Crippen LogP) is 1.77. The predicted molar refractivity (Wildman–Crippen MR) is 84.6 cm³/mol. The van der Waals surface area contributed by atoms with Crippen LogP contribution in [0.1, 0.15) is 30.4 Å². The largest absolute Gasteiger partial charge is 0.493 e. The average molecular weight is 315 g/mol. The molecule has 1 aromatic carbocycles. The molecule has 2 aliphatic heterocycles. The second-order valence-electron chi connectivity index (χ2n) is 6.53. The van der Waals surface area contributed by atoms with E-state index >= 15 is 0 Å². The first-order chi connectivity index (χ1) is 11.1. The lowest BCUT2D eigenvalue weighted by molar-refractivity contribution is -0.130. The van der Waals surface area contributed by atoms with Crippen molar-refractivity contribution in [3.8, 4) is 11.5 Å². The van der Waals surface area contributed by atoms with E-state index in [1.807, 2.05) is 17.0 Å². The summed E-state index contributed by atoms with van der Waals surface area (Å²) in [5, 5.41) is 10.0. The molecule has 4 rings (SSSR count). The van der Waals surface area contributed by atoms with Gasteiger partial charge in [0.1, 0.15) is 0 Å². The first-order valence-corrected chi connectivity index (χ1v) is 8.06. The normalized spacial score (nSPS) is 28.7. The lowest BCUT2D eigenvalue weighted by Gasteiger charge is -2.49. The van der Waals surface area contributed by atoms with Crippen molar-refractivity contribution >= 4 is 5.91 Å². The maximum absolute atomic E-state index is 12.5. The van der Waals surface area contributed by atoms with Gasteiger partial charge in [-0.2, -0.15) is 0 Å². The van der Waals surface area contributed by atoms with E-state index in [1.165, 1.54) is 5.56 Å². The van der Waals surface area contributed by atoms with E-state index in [0.717, 1.165) is 29.7 Å². The van der Waals surface area contributed by atoms with Crippen LogP contribution >= 0.6 is 0 Å². The van der Waals surface area contributed by atoms with Gasteiger partial charge in [-0.3, -0.25) is 4.79 Å². The third kappa shape index (κ3) is 1.86. The molecule has 0 bridgehead atoms. The molecule has 1 N–H and O–H groups in total. The summed E-state index contributed by atoms with van der Waals surface area (Å²) in [6.45, 7) is 0.706. The average Bonchev–Trinajstić information content (AvgIpc) is 2.85. The fourth-order valence-electron chi connectivity index (χ4n) is 4.46. The van der Waals surface area contributed by atoms with Crippen LogP contribution in [-0.4, -0.2) is 42.8 Å². The number of aliphatic hydroxyl groups is 1. The Morgan fingerprint density at radius 1 is 1.26 bits per heavy atom. The maximum atomic E-state index is 12.5. The minimum absolute atomic E-state index is 0.0644. The Balaban J connectivity index is 1.92. The SMILES string of the molecule is COc1cc2c(cc1OC)[C@]13CC[C@@H](O)CC1=CC(=O)N3CC2. The third-order valence-electron chi connectivity index (χ3n) is 5.51. The van der Waals surface area contributed by atoms with Crippen molar-refractivity contribution in [3.05, 3.63) is 34.9 Å². The Morgan fingerprint density at radius 2 is 2.00 bits per heavy atom. The first kappa shape index (κ1) is 14.6. The number of carbonyl (C=O) groups is 1. The summed E-state index contributed by atoms with van der Waals surface area (Å²) in [6, 6.07) is 4.05. The monoisotopic (exact) mass is 315 g/mol. The molecule has 0 unspecified atom stereocenters. The molecule has 5 heteroatoms. The number of hydrogen-bond donors (Lipinski definition) is 1. The fourth-order valence-corrected chi connectivity index (χ4v) is 4.46. The zero-order chi connectivity index (χ0) is 16.2. The minimum Gasteiger partial charge on any atom is -0.493 e. The molecule has 1 fully saturated rings. The fraction of sp³-hybridized carbons (Fsp3) is 0.500. The first-order valence-electron chi connectivity index (χ1n) is 8.06. The lowest BCUT2D eigenvalue weighted by Crippen LogP contribution is -2.52. The van der Waals surface area contributed by atoms with Crippen molar-refractivity contribution in [2.45, 2.75) is 37.3 Å². The topological polar surface area (TPSA) is 59.0 Å². The molecule has 1 aromatic rings. The van der Waals surface area contributed by atoms with Gasteiger partial charge in [-0.05, 0) is 54.5 Å². The number of fused-ring (bicyclic) bond motifs is 1. The highest BCUT2D eigenvalue weighted by Crippen LogP contribution is 2.54. The summed E-state index contributed by atoms with van der Waals surface area (Å²) >= 11 is 0. The molecule has 122 valence electrons. The number of ether oxygens (including phenoxy) is 2. The second kappa shape index (κ2) is 4.99. The number of rotatable bonds is 2. The van der Waals surface area contributed by atoms with Crippen molar-refractivity contribution in [1.29, 1.82) is 0 Å². The van der Waals surface area contributed by atoms with Gasteiger partial charge in [0, 0.05) is 12.6 Å². The van der Waals surface area contributed by atoms with Crippen LogP contribution in [0.2, 0.25) is 0 Å². The quantitative estimate of drug-likeness (QED) is 0.903. The summed E-state index contributed by atoms with van der Waals surface area (Å²) in [5.41, 5.74) is 2.97. The molecule has 2 atom stereocenters. The van der Waals surface area contributed by atoms with Gasteiger partial charge in [-0.1, -0.05) is 0 Å². The molecular weight excluding hydrogens is 294 g/mol. The second-order valence-corrected chi connectivity index (χ2v) is 6.53. The summed E-state index contributed by atoms with van der Waals surface area (Å²) < 4.78 is 10.9.